The van der Waals surface area contributed by atoms with Crippen LogP contribution in [0.5, 0.6) is 0 Å². The topological polar surface area (TPSA) is 54.4 Å². The molecule has 4 nitrogen and oxygen atoms in total. The van der Waals surface area contributed by atoms with E-state index in [1.807, 2.05) is 0 Å². The molecular formula is C14H15F3N2O2. The van der Waals surface area contributed by atoms with Gasteiger partial charge in [0.05, 0.1) is 23.8 Å². The van der Waals surface area contributed by atoms with Gasteiger partial charge in [-0.05, 0) is 18.2 Å². The number of fused-ring (bicyclic) bond motifs is 1. The molecule has 1 aromatic carbocycles. The predicted molar refractivity (Wildman–Crippen MR) is 73.1 cm³/mol. The Balaban J connectivity index is 2.26. The van der Waals surface area contributed by atoms with Gasteiger partial charge in [-0.2, -0.15) is 13.2 Å². The molecule has 2 rings (SSSR count). The van der Waals surface area contributed by atoms with Crippen LogP contribution < -0.4 is 5.32 Å². The normalized spacial score (nSPS) is 13.4. The van der Waals surface area contributed by atoms with Crippen LogP contribution in [0, 0.1) is 0 Å². The number of aliphatic hydroxyl groups excluding tert-OH is 1. The molecule has 0 aliphatic rings. The molecule has 21 heavy (non-hydrogen) atoms. The SMILES string of the molecule is COCC(O)CNc1ccnc2cc(C(F)(F)F)ccc12. The van der Waals surface area contributed by atoms with E-state index in [9.17, 15) is 18.3 Å². The number of ether oxygens (including phenoxy) is 1. The van der Waals surface area contributed by atoms with Crippen LogP contribution in [-0.2, 0) is 10.9 Å². The van der Waals surface area contributed by atoms with Crippen molar-refractivity contribution in [2.24, 2.45) is 0 Å². The fourth-order valence-electron chi connectivity index (χ4n) is 1.96. The van der Waals surface area contributed by atoms with Crippen LogP contribution in [0.1, 0.15) is 5.56 Å². The second-order valence-electron chi connectivity index (χ2n) is 4.58. The molecule has 114 valence electrons. The molecule has 0 bridgehead atoms. The molecule has 0 amide bonds. The number of pyridine rings is 1. The highest BCUT2D eigenvalue weighted by atomic mass is 19.4. The number of alkyl halides is 3. The summed E-state index contributed by atoms with van der Waals surface area (Å²) in [6.45, 7) is 0.405. The van der Waals surface area contributed by atoms with Crippen molar-refractivity contribution in [2.45, 2.75) is 12.3 Å². The number of nitrogens with zero attached hydrogens (tertiary/aromatic N) is 1. The predicted octanol–water partition coefficient (Wildman–Crippen LogP) is 2.67. The maximum absolute atomic E-state index is 12.7. The summed E-state index contributed by atoms with van der Waals surface area (Å²) in [5, 5.41) is 13.1. The average Bonchev–Trinajstić information content (AvgIpc) is 2.43. The molecule has 0 aliphatic carbocycles. The van der Waals surface area contributed by atoms with E-state index in [0.29, 0.717) is 11.1 Å². The Morgan fingerprint density at radius 3 is 2.76 bits per heavy atom. The fraction of sp³-hybridized carbons (Fsp3) is 0.357. The molecule has 1 aromatic heterocycles. The van der Waals surface area contributed by atoms with E-state index in [2.05, 4.69) is 10.3 Å². The lowest BCUT2D eigenvalue weighted by Crippen LogP contribution is -2.24. The number of anilines is 1. The number of methoxy groups -OCH3 is 1. The number of halogens is 3. The average molecular weight is 300 g/mol. The van der Waals surface area contributed by atoms with Crippen LogP contribution in [0.2, 0.25) is 0 Å². The Labute approximate surface area is 119 Å². The summed E-state index contributed by atoms with van der Waals surface area (Å²) >= 11 is 0. The maximum atomic E-state index is 12.7. The van der Waals surface area contributed by atoms with Gasteiger partial charge < -0.3 is 15.2 Å². The van der Waals surface area contributed by atoms with E-state index < -0.39 is 17.8 Å². The first kappa shape index (κ1) is 15.5. The lowest BCUT2D eigenvalue weighted by molar-refractivity contribution is -0.137. The van der Waals surface area contributed by atoms with E-state index in [4.69, 9.17) is 4.74 Å². The van der Waals surface area contributed by atoms with Crippen LogP contribution in [0.3, 0.4) is 0 Å². The first-order valence-corrected chi connectivity index (χ1v) is 6.28. The summed E-state index contributed by atoms with van der Waals surface area (Å²) < 4.78 is 42.8. The molecule has 0 saturated heterocycles. The Morgan fingerprint density at radius 1 is 1.33 bits per heavy atom. The number of rotatable bonds is 5. The van der Waals surface area contributed by atoms with Crippen LogP contribution in [0.25, 0.3) is 10.9 Å². The molecular weight excluding hydrogens is 285 g/mol. The van der Waals surface area contributed by atoms with Gasteiger partial charge in [0, 0.05) is 30.9 Å². The molecule has 1 atom stereocenters. The van der Waals surface area contributed by atoms with E-state index in [0.717, 1.165) is 12.1 Å². The first-order valence-electron chi connectivity index (χ1n) is 6.28. The Hall–Kier alpha value is -1.86. The van der Waals surface area contributed by atoms with Gasteiger partial charge in [-0.15, -0.1) is 0 Å². The van der Waals surface area contributed by atoms with Crippen molar-refractivity contribution in [3.63, 3.8) is 0 Å². The van der Waals surface area contributed by atoms with Gasteiger partial charge in [0.1, 0.15) is 0 Å². The fourth-order valence-corrected chi connectivity index (χ4v) is 1.96. The summed E-state index contributed by atoms with van der Waals surface area (Å²) in [4.78, 5) is 3.95. The van der Waals surface area contributed by atoms with Gasteiger partial charge in [0.15, 0.2) is 0 Å². The van der Waals surface area contributed by atoms with Crippen molar-refractivity contribution in [2.75, 3.05) is 25.6 Å². The third-order valence-corrected chi connectivity index (χ3v) is 2.96. The number of aromatic nitrogens is 1. The van der Waals surface area contributed by atoms with E-state index in [-0.39, 0.29) is 18.7 Å². The van der Waals surface area contributed by atoms with Crippen molar-refractivity contribution < 1.29 is 23.0 Å². The highest BCUT2D eigenvalue weighted by Crippen LogP contribution is 2.32. The second kappa shape index (κ2) is 6.28. The summed E-state index contributed by atoms with van der Waals surface area (Å²) in [5.41, 5.74) is 0.124. The van der Waals surface area contributed by atoms with Gasteiger partial charge in [-0.1, -0.05) is 6.07 Å². The Morgan fingerprint density at radius 2 is 2.10 bits per heavy atom. The van der Waals surface area contributed by atoms with Crippen molar-refractivity contribution in [1.29, 1.82) is 0 Å². The minimum absolute atomic E-state index is 0.175. The highest BCUT2D eigenvalue weighted by molar-refractivity contribution is 5.91. The van der Waals surface area contributed by atoms with Crippen molar-refractivity contribution in [1.82, 2.24) is 4.98 Å². The van der Waals surface area contributed by atoms with Gasteiger partial charge in [0.2, 0.25) is 0 Å². The highest BCUT2D eigenvalue weighted by Gasteiger charge is 2.30. The molecule has 0 spiro atoms. The van der Waals surface area contributed by atoms with Crippen LogP contribution in [0.4, 0.5) is 18.9 Å². The number of aliphatic hydroxyl groups is 1. The monoisotopic (exact) mass is 300 g/mol. The summed E-state index contributed by atoms with van der Waals surface area (Å²) in [7, 11) is 1.48. The number of hydrogen-bond acceptors (Lipinski definition) is 4. The Kier molecular flexibility index (Phi) is 4.64. The Bertz CT molecular complexity index is 617. The molecule has 2 aromatic rings. The lowest BCUT2D eigenvalue weighted by Gasteiger charge is -2.14. The summed E-state index contributed by atoms with van der Waals surface area (Å²) in [6.07, 6.45) is -3.67. The standard InChI is InChI=1S/C14H15F3N2O2/c1-21-8-10(20)7-19-12-4-5-18-13-6-9(14(15,16)17)2-3-11(12)13/h2-6,10,20H,7-8H2,1H3,(H,18,19). The molecule has 2 N–H and O–H groups in total. The van der Waals surface area contributed by atoms with E-state index in [1.165, 1.54) is 19.4 Å². The molecule has 1 heterocycles. The van der Waals surface area contributed by atoms with Crippen molar-refractivity contribution in [3.05, 3.63) is 36.0 Å². The van der Waals surface area contributed by atoms with Gasteiger partial charge in [-0.3, -0.25) is 4.98 Å². The third-order valence-electron chi connectivity index (χ3n) is 2.96. The second-order valence-corrected chi connectivity index (χ2v) is 4.58. The van der Waals surface area contributed by atoms with Gasteiger partial charge in [-0.25, -0.2) is 0 Å². The minimum Gasteiger partial charge on any atom is -0.389 e. The van der Waals surface area contributed by atoms with Crippen LogP contribution in [-0.4, -0.2) is 36.5 Å². The molecule has 1 unspecified atom stereocenters. The number of nitrogens with one attached hydrogen (secondary N) is 1. The quantitative estimate of drug-likeness (QED) is 0.891. The smallest absolute Gasteiger partial charge is 0.389 e. The summed E-state index contributed by atoms with van der Waals surface area (Å²) in [5.74, 6) is 0. The largest absolute Gasteiger partial charge is 0.416 e. The van der Waals surface area contributed by atoms with E-state index >= 15 is 0 Å². The molecule has 0 fully saturated rings. The molecule has 0 saturated carbocycles. The van der Waals surface area contributed by atoms with Crippen molar-refractivity contribution in [3.8, 4) is 0 Å². The molecule has 0 aliphatic heterocycles. The van der Waals surface area contributed by atoms with Crippen LogP contribution >= 0.6 is 0 Å². The first-order chi connectivity index (χ1) is 9.91. The van der Waals surface area contributed by atoms with E-state index in [1.54, 1.807) is 6.07 Å². The minimum atomic E-state index is -4.39. The number of benzene rings is 1. The number of hydrogen-bond donors (Lipinski definition) is 2. The lowest BCUT2D eigenvalue weighted by atomic mass is 10.1. The zero-order valence-electron chi connectivity index (χ0n) is 11.3. The van der Waals surface area contributed by atoms with Gasteiger partial charge in [0.25, 0.3) is 0 Å². The van der Waals surface area contributed by atoms with Gasteiger partial charge >= 0.3 is 6.18 Å². The summed E-state index contributed by atoms with van der Waals surface area (Å²) in [6, 6.07) is 5.04. The van der Waals surface area contributed by atoms with Crippen LogP contribution in [0.15, 0.2) is 30.5 Å². The molecule has 0 radical (unpaired) electrons. The zero-order chi connectivity index (χ0) is 15.5. The third kappa shape index (κ3) is 3.83. The maximum Gasteiger partial charge on any atom is 0.416 e. The molecule has 7 heteroatoms. The zero-order valence-corrected chi connectivity index (χ0v) is 11.3. The van der Waals surface area contributed by atoms with Crippen molar-refractivity contribution >= 4 is 16.6 Å².